The molecule has 5 nitrogen and oxygen atoms in total. The van der Waals surface area contributed by atoms with Crippen molar-refractivity contribution in [3.63, 3.8) is 0 Å². The summed E-state index contributed by atoms with van der Waals surface area (Å²) in [6.45, 7) is 6.32. The fourth-order valence-electron chi connectivity index (χ4n) is 2.51. The monoisotopic (exact) mass is 306 g/mol. The van der Waals surface area contributed by atoms with E-state index < -0.39 is 6.10 Å². The fourth-order valence-corrected chi connectivity index (χ4v) is 2.51. The smallest absolute Gasteiger partial charge is 0.317 e. The second kappa shape index (κ2) is 8.03. The number of hydrogen-bond acceptors (Lipinski definition) is 3. The summed E-state index contributed by atoms with van der Waals surface area (Å²) in [6, 6.07) is 7.80. The molecule has 2 atom stereocenters. The number of carbonyl (C=O) groups excluding carboxylic acids is 1. The summed E-state index contributed by atoms with van der Waals surface area (Å²) in [5, 5.41) is 12.7. The second-order valence-corrected chi connectivity index (χ2v) is 5.98. The summed E-state index contributed by atoms with van der Waals surface area (Å²) in [7, 11) is 0. The number of nitrogens with one attached hydrogen (secondary N) is 1. The predicted molar refractivity (Wildman–Crippen MR) is 86.1 cm³/mol. The van der Waals surface area contributed by atoms with Crippen molar-refractivity contribution in [2.75, 3.05) is 26.2 Å². The van der Waals surface area contributed by atoms with E-state index in [4.69, 9.17) is 4.74 Å². The molecule has 122 valence electrons. The van der Waals surface area contributed by atoms with Crippen LogP contribution in [-0.4, -0.2) is 48.4 Å². The maximum Gasteiger partial charge on any atom is 0.317 e. The van der Waals surface area contributed by atoms with Crippen molar-refractivity contribution in [2.24, 2.45) is 5.92 Å². The van der Waals surface area contributed by atoms with Crippen LogP contribution in [0.15, 0.2) is 24.3 Å². The number of aryl methyl sites for hydroxylation is 1. The minimum absolute atomic E-state index is 0.0955. The predicted octanol–water partition coefficient (Wildman–Crippen LogP) is 2.18. The van der Waals surface area contributed by atoms with Crippen LogP contribution in [-0.2, 0) is 0 Å². The topological polar surface area (TPSA) is 61.8 Å². The van der Waals surface area contributed by atoms with E-state index in [1.807, 2.05) is 38.1 Å². The maximum atomic E-state index is 12.0. The molecule has 1 aliphatic heterocycles. The number of para-hydroxylation sites is 1. The number of hydrogen-bond donors (Lipinski definition) is 2. The number of aliphatic hydroxyl groups is 1. The van der Waals surface area contributed by atoms with Gasteiger partial charge >= 0.3 is 6.03 Å². The molecule has 22 heavy (non-hydrogen) atoms. The number of nitrogens with zero attached hydrogens (tertiary/aromatic N) is 1. The first-order chi connectivity index (χ1) is 10.6. The third-order valence-electron chi connectivity index (χ3n) is 4.15. The largest absolute Gasteiger partial charge is 0.493 e. The Morgan fingerprint density at radius 2 is 2.23 bits per heavy atom. The average molecular weight is 306 g/mol. The summed E-state index contributed by atoms with van der Waals surface area (Å²) < 4.78 is 5.69. The number of β-amino-alcohol motifs (C(OH)–C–C–N with tert-alkyl or cyclic N) is 1. The van der Waals surface area contributed by atoms with Gasteiger partial charge in [0.15, 0.2) is 0 Å². The number of amides is 2. The number of rotatable bonds is 5. The van der Waals surface area contributed by atoms with Crippen molar-refractivity contribution >= 4 is 6.03 Å². The molecular formula is C17H26N2O3. The van der Waals surface area contributed by atoms with E-state index in [0.717, 1.165) is 24.2 Å². The summed E-state index contributed by atoms with van der Waals surface area (Å²) in [5.74, 6) is 1.16. The third kappa shape index (κ3) is 4.63. The van der Waals surface area contributed by atoms with Crippen molar-refractivity contribution in [1.29, 1.82) is 0 Å². The fraction of sp³-hybridized carbons (Fsp3) is 0.588. The lowest BCUT2D eigenvalue weighted by Crippen LogP contribution is -2.49. The maximum absolute atomic E-state index is 12.0. The summed E-state index contributed by atoms with van der Waals surface area (Å²) in [6.07, 6.45) is 1.20. The Bertz CT molecular complexity index is 493. The Morgan fingerprint density at radius 1 is 1.45 bits per heavy atom. The summed E-state index contributed by atoms with van der Waals surface area (Å²) >= 11 is 0. The Balaban J connectivity index is 1.62. The van der Waals surface area contributed by atoms with Crippen molar-refractivity contribution in [1.82, 2.24) is 10.2 Å². The van der Waals surface area contributed by atoms with Crippen molar-refractivity contribution in [3.05, 3.63) is 29.8 Å². The molecule has 1 heterocycles. The van der Waals surface area contributed by atoms with E-state index in [0.29, 0.717) is 26.2 Å². The lowest BCUT2D eigenvalue weighted by Gasteiger charge is -2.34. The Morgan fingerprint density at radius 3 is 2.95 bits per heavy atom. The van der Waals surface area contributed by atoms with E-state index in [9.17, 15) is 9.90 Å². The number of urea groups is 1. The van der Waals surface area contributed by atoms with Gasteiger partial charge < -0.3 is 20.1 Å². The van der Waals surface area contributed by atoms with Crippen LogP contribution >= 0.6 is 0 Å². The first kappa shape index (κ1) is 16.6. The number of benzene rings is 1. The van der Waals surface area contributed by atoms with E-state index in [1.165, 1.54) is 0 Å². The van der Waals surface area contributed by atoms with Gasteiger partial charge in [-0.2, -0.15) is 0 Å². The van der Waals surface area contributed by atoms with Gasteiger partial charge in [0, 0.05) is 19.6 Å². The van der Waals surface area contributed by atoms with Gasteiger partial charge in [0.05, 0.1) is 12.7 Å². The van der Waals surface area contributed by atoms with Crippen LogP contribution in [0.2, 0.25) is 0 Å². The lowest BCUT2D eigenvalue weighted by molar-refractivity contribution is 0.0435. The number of aliphatic hydroxyl groups excluding tert-OH is 1. The minimum atomic E-state index is -0.413. The molecule has 2 amide bonds. The van der Waals surface area contributed by atoms with Gasteiger partial charge in [-0.15, -0.1) is 0 Å². The molecule has 1 saturated heterocycles. The molecule has 2 N–H and O–H groups in total. The molecule has 0 spiro atoms. The van der Waals surface area contributed by atoms with Gasteiger partial charge in [-0.25, -0.2) is 4.79 Å². The molecule has 0 bridgehead atoms. The standard InChI is InChI=1S/C17H26N2O3/c1-13-8-10-19(12-15(13)20)17(21)18-9-5-11-22-16-7-4-3-6-14(16)2/h3-4,6-7,13,15,20H,5,8-12H2,1-2H3,(H,18,21). The molecule has 1 aromatic rings. The SMILES string of the molecule is Cc1ccccc1OCCCNC(=O)N1CCC(C)C(O)C1. The second-order valence-electron chi connectivity index (χ2n) is 5.98. The van der Waals surface area contributed by atoms with Gasteiger partial charge in [-0.1, -0.05) is 25.1 Å². The van der Waals surface area contributed by atoms with Gasteiger partial charge in [-0.05, 0) is 37.3 Å². The van der Waals surface area contributed by atoms with E-state index in [2.05, 4.69) is 5.32 Å². The number of carbonyl (C=O) groups is 1. The van der Waals surface area contributed by atoms with Crippen LogP contribution in [0, 0.1) is 12.8 Å². The first-order valence-corrected chi connectivity index (χ1v) is 7.97. The normalized spacial score (nSPS) is 21.5. The van der Waals surface area contributed by atoms with Gasteiger partial charge in [-0.3, -0.25) is 0 Å². The number of ether oxygens (including phenoxy) is 1. The molecule has 1 aromatic carbocycles. The molecule has 5 heteroatoms. The van der Waals surface area contributed by atoms with Crippen molar-refractivity contribution in [3.8, 4) is 5.75 Å². The molecule has 0 radical (unpaired) electrons. The highest BCUT2D eigenvalue weighted by Gasteiger charge is 2.26. The van der Waals surface area contributed by atoms with E-state index in [-0.39, 0.29) is 11.9 Å². The molecule has 1 fully saturated rings. The number of likely N-dealkylation sites (tertiary alicyclic amines) is 1. The van der Waals surface area contributed by atoms with Crippen LogP contribution in [0.25, 0.3) is 0 Å². The van der Waals surface area contributed by atoms with Crippen LogP contribution in [0.4, 0.5) is 4.79 Å². The Hall–Kier alpha value is -1.75. The molecule has 2 unspecified atom stereocenters. The average Bonchev–Trinajstić information content (AvgIpc) is 2.51. The highest BCUT2D eigenvalue weighted by Crippen LogP contribution is 2.17. The molecule has 0 saturated carbocycles. The van der Waals surface area contributed by atoms with Crippen LogP contribution in [0.1, 0.15) is 25.3 Å². The third-order valence-corrected chi connectivity index (χ3v) is 4.15. The lowest BCUT2D eigenvalue weighted by atomic mass is 9.96. The van der Waals surface area contributed by atoms with Crippen molar-refractivity contribution < 1.29 is 14.6 Å². The van der Waals surface area contributed by atoms with Crippen LogP contribution in [0.5, 0.6) is 5.75 Å². The zero-order chi connectivity index (χ0) is 15.9. The van der Waals surface area contributed by atoms with Gasteiger partial charge in [0.2, 0.25) is 0 Å². The first-order valence-electron chi connectivity index (χ1n) is 7.97. The zero-order valence-electron chi connectivity index (χ0n) is 13.4. The van der Waals surface area contributed by atoms with Crippen LogP contribution < -0.4 is 10.1 Å². The highest BCUT2D eigenvalue weighted by molar-refractivity contribution is 5.74. The molecule has 1 aliphatic rings. The van der Waals surface area contributed by atoms with Crippen LogP contribution in [0.3, 0.4) is 0 Å². The van der Waals surface area contributed by atoms with E-state index in [1.54, 1.807) is 4.90 Å². The molecule has 0 aliphatic carbocycles. The number of piperidine rings is 1. The summed E-state index contributed by atoms with van der Waals surface area (Å²) in [5.41, 5.74) is 1.11. The molecule has 0 aromatic heterocycles. The Kier molecular flexibility index (Phi) is 6.07. The van der Waals surface area contributed by atoms with Gasteiger partial charge in [0.1, 0.15) is 5.75 Å². The van der Waals surface area contributed by atoms with E-state index >= 15 is 0 Å². The quantitative estimate of drug-likeness (QED) is 0.820. The van der Waals surface area contributed by atoms with Crippen molar-refractivity contribution in [2.45, 2.75) is 32.8 Å². The van der Waals surface area contributed by atoms with Gasteiger partial charge in [0.25, 0.3) is 0 Å². The Labute approximate surface area is 132 Å². The summed E-state index contributed by atoms with van der Waals surface area (Å²) in [4.78, 5) is 13.7. The zero-order valence-corrected chi connectivity index (χ0v) is 13.4. The highest BCUT2D eigenvalue weighted by atomic mass is 16.5. The molecule has 2 rings (SSSR count). The minimum Gasteiger partial charge on any atom is -0.493 e. The molecular weight excluding hydrogens is 280 g/mol.